The van der Waals surface area contributed by atoms with E-state index in [9.17, 15) is 28.0 Å². The number of anilines is 1. The molecule has 2 aromatic carbocycles. The Morgan fingerprint density at radius 1 is 1.00 bits per heavy atom. The van der Waals surface area contributed by atoms with Gasteiger partial charge in [0.25, 0.3) is 11.8 Å². The molecule has 4 amide bonds. The van der Waals surface area contributed by atoms with Gasteiger partial charge in [0, 0.05) is 49.3 Å². The van der Waals surface area contributed by atoms with Crippen LogP contribution in [0.1, 0.15) is 47.2 Å². The van der Waals surface area contributed by atoms with Crippen LogP contribution >= 0.6 is 0 Å². The number of likely N-dealkylation sites (tertiary alicyclic amines) is 1. The molecule has 8 nitrogen and oxygen atoms in total. The number of piperidine rings is 2. The molecule has 2 fully saturated rings. The number of nitrogens with zero attached hydrogens (tertiary/aromatic N) is 1. The minimum atomic E-state index is -4.25. The summed E-state index contributed by atoms with van der Waals surface area (Å²) >= 11 is 0. The van der Waals surface area contributed by atoms with Crippen LogP contribution in [0.25, 0.3) is 0 Å². The minimum Gasteiger partial charge on any atom is -0.356 e. The molecule has 2 aliphatic rings. The molecule has 0 bridgehead atoms. The predicted octanol–water partition coefficient (Wildman–Crippen LogP) is 3.25. The number of amides is 4. The van der Waals surface area contributed by atoms with Crippen molar-refractivity contribution in [2.24, 2.45) is 5.92 Å². The van der Waals surface area contributed by atoms with Crippen molar-refractivity contribution in [3.63, 3.8) is 0 Å². The number of hydrogen-bond acceptors (Lipinski definition) is 4. The normalized spacial score (nSPS) is 18.3. The average Bonchev–Trinajstić information content (AvgIpc) is 2.91. The maximum atomic E-state index is 15.2. The number of hydrogen-bond donors (Lipinski definition) is 3. The van der Waals surface area contributed by atoms with Crippen molar-refractivity contribution in [1.82, 2.24) is 15.5 Å². The number of nitrogens with one attached hydrogen (secondary N) is 3. The Morgan fingerprint density at radius 2 is 1.69 bits per heavy atom. The van der Waals surface area contributed by atoms with Gasteiger partial charge in [-0.05, 0) is 68.1 Å². The van der Waals surface area contributed by atoms with Crippen LogP contribution in [0.3, 0.4) is 0 Å². The van der Waals surface area contributed by atoms with Crippen LogP contribution in [0.2, 0.25) is 0 Å². The van der Waals surface area contributed by atoms with Crippen LogP contribution < -0.4 is 16.0 Å². The lowest BCUT2D eigenvalue weighted by atomic mass is 9.95. The lowest BCUT2D eigenvalue weighted by molar-refractivity contribution is -0.160. The largest absolute Gasteiger partial charge is 0.356 e. The second-order valence-corrected chi connectivity index (χ2v) is 9.80. The van der Waals surface area contributed by atoms with Crippen molar-refractivity contribution < 1.29 is 36.7 Å². The van der Waals surface area contributed by atoms with E-state index in [0.717, 1.165) is 17.0 Å². The number of aryl methyl sites for hydroxylation is 1. The molecular formula is C27H28F4N4O4. The van der Waals surface area contributed by atoms with Crippen molar-refractivity contribution in [3.8, 4) is 0 Å². The third kappa shape index (κ3) is 6.37. The molecule has 2 aliphatic heterocycles. The third-order valence-electron chi connectivity index (χ3n) is 7.00. The van der Waals surface area contributed by atoms with Crippen LogP contribution in [0, 0.1) is 24.5 Å². The van der Waals surface area contributed by atoms with Gasteiger partial charge in [-0.2, -0.15) is 8.78 Å². The number of halogens is 4. The standard InChI is InChI=1S/C27H28F4N4O4/c1-15-12-19(3-5-21(15)28)34-24(37)16-2-4-22(29)20(13-16)27(30,31)26(39)35-10-7-18(8-11-35)33-25(38)17-6-9-32-23(36)14-17/h2-5,12-13,17-18H,6-11,14H2,1H3,(H,32,36)(H,33,38)(H,34,37). The first-order valence-corrected chi connectivity index (χ1v) is 12.6. The van der Waals surface area contributed by atoms with E-state index in [0.29, 0.717) is 25.1 Å². The molecule has 2 saturated heterocycles. The molecule has 0 saturated carbocycles. The van der Waals surface area contributed by atoms with Crippen molar-refractivity contribution in [3.05, 3.63) is 64.7 Å². The number of carbonyl (C=O) groups excluding carboxylic acids is 4. The van der Waals surface area contributed by atoms with E-state index in [2.05, 4.69) is 16.0 Å². The summed E-state index contributed by atoms with van der Waals surface area (Å²) < 4.78 is 58.4. The summed E-state index contributed by atoms with van der Waals surface area (Å²) in [7, 11) is 0. The van der Waals surface area contributed by atoms with Crippen LogP contribution in [0.5, 0.6) is 0 Å². The molecule has 2 heterocycles. The molecular weight excluding hydrogens is 520 g/mol. The zero-order valence-electron chi connectivity index (χ0n) is 21.2. The minimum absolute atomic E-state index is 0.0849. The maximum absolute atomic E-state index is 15.2. The second kappa shape index (κ2) is 11.4. The number of alkyl halides is 2. The predicted molar refractivity (Wildman–Crippen MR) is 133 cm³/mol. The van der Waals surface area contributed by atoms with E-state index in [4.69, 9.17) is 0 Å². The Labute approximate surface area is 222 Å². The maximum Gasteiger partial charge on any atom is 0.352 e. The van der Waals surface area contributed by atoms with E-state index in [1.165, 1.54) is 19.1 Å². The molecule has 12 heteroatoms. The number of carbonyl (C=O) groups is 4. The van der Waals surface area contributed by atoms with E-state index in [1.807, 2.05) is 0 Å². The van der Waals surface area contributed by atoms with Crippen LogP contribution in [-0.4, -0.2) is 54.2 Å². The first-order valence-electron chi connectivity index (χ1n) is 12.6. The molecule has 0 aromatic heterocycles. The summed E-state index contributed by atoms with van der Waals surface area (Å²) in [6, 6.07) is 5.76. The van der Waals surface area contributed by atoms with Gasteiger partial charge in [-0.15, -0.1) is 0 Å². The first kappa shape index (κ1) is 28.1. The molecule has 208 valence electrons. The molecule has 1 atom stereocenters. The topological polar surface area (TPSA) is 108 Å². The SMILES string of the molecule is Cc1cc(NC(=O)c2ccc(F)c(C(F)(F)C(=O)N3CCC(NC(=O)C4CCNC(=O)C4)CC3)c2)ccc1F. The molecule has 2 aromatic rings. The van der Waals surface area contributed by atoms with Crippen molar-refractivity contribution in [2.45, 2.75) is 44.6 Å². The van der Waals surface area contributed by atoms with E-state index >= 15 is 8.78 Å². The molecule has 39 heavy (non-hydrogen) atoms. The van der Waals surface area contributed by atoms with Crippen LogP contribution in [-0.2, 0) is 20.3 Å². The number of benzene rings is 2. The summed E-state index contributed by atoms with van der Waals surface area (Å²) in [5.41, 5.74) is -1.07. The summed E-state index contributed by atoms with van der Waals surface area (Å²) in [5, 5.41) is 7.91. The van der Waals surface area contributed by atoms with Gasteiger partial charge in [0.2, 0.25) is 11.8 Å². The average molecular weight is 549 g/mol. The highest BCUT2D eigenvalue weighted by atomic mass is 19.3. The van der Waals surface area contributed by atoms with Crippen molar-refractivity contribution >= 4 is 29.3 Å². The number of rotatable bonds is 6. The van der Waals surface area contributed by atoms with E-state index in [1.54, 1.807) is 0 Å². The van der Waals surface area contributed by atoms with Gasteiger partial charge in [0.15, 0.2) is 0 Å². The zero-order chi connectivity index (χ0) is 28.3. The molecule has 1 unspecified atom stereocenters. The fourth-order valence-electron chi connectivity index (χ4n) is 4.70. The molecule has 0 aliphatic carbocycles. The smallest absolute Gasteiger partial charge is 0.352 e. The molecule has 4 rings (SSSR count). The fraction of sp³-hybridized carbons (Fsp3) is 0.407. The van der Waals surface area contributed by atoms with Crippen LogP contribution in [0.15, 0.2) is 36.4 Å². The Kier molecular flexibility index (Phi) is 8.22. The summed E-state index contributed by atoms with van der Waals surface area (Å²) in [4.78, 5) is 50.3. The lowest BCUT2D eigenvalue weighted by Crippen LogP contribution is -2.51. The Bertz CT molecular complexity index is 1290. The Morgan fingerprint density at radius 3 is 2.36 bits per heavy atom. The van der Waals surface area contributed by atoms with Crippen LogP contribution in [0.4, 0.5) is 23.2 Å². The monoisotopic (exact) mass is 548 g/mol. The molecule has 0 radical (unpaired) electrons. The van der Waals surface area contributed by atoms with Gasteiger partial charge in [-0.3, -0.25) is 19.2 Å². The zero-order valence-corrected chi connectivity index (χ0v) is 21.2. The van der Waals surface area contributed by atoms with Gasteiger partial charge in [-0.1, -0.05) is 0 Å². The summed E-state index contributed by atoms with van der Waals surface area (Å²) in [6.45, 7) is 1.72. The van der Waals surface area contributed by atoms with Gasteiger partial charge < -0.3 is 20.9 Å². The van der Waals surface area contributed by atoms with E-state index < -0.39 is 40.9 Å². The van der Waals surface area contributed by atoms with Gasteiger partial charge in [0.1, 0.15) is 11.6 Å². The summed E-state index contributed by atoms with van der Waals surface area (Å²) in [5.74, 6) is -9.47. The fourth-order valence-corrected chi connectivity index (χ4v) is 4.70. The van der Waals surface area contributed by atoms with Gasteiger partial charge >= 0.3 is 5.92 Å². The highest BCUT2D eigenvalue weighted by Crippen LogP contribution is 2.34. The second-order valence-electron chi connectivity index (χ2n) is 9.80. The first-order chi connectivity index (χ1) is 18.5. The van der Waals surface area contributed by atoms with E-state index in [-0.39, 0.29) is 67.0 Å². The summed E-state index contributed by atoms with van der Waals surface area (Å²) in [6.07, 6.45) is 1.03. The quantitative estimate of drug-likeness (QED) is 0.482. The van der Waals surface area contributed by atoms with Crippen molar-refractivity contribution in [2.75, 3.05) is 25.0 Å². The highest BCUT2D eigenvalue weighted by Gasteiger charge is 2.47. The van der Waals surface area contributed by atoms with Crippen molar-refractivity contribution in [1.29, 1.82) is 0 Å². The Hall–Kier alpha value is -3.96. The van der Waals surface area contributed by atoms with Gasteiger partial charge in [0.05, 0.1) is 5.56 Å². The third-order valence-corrected chi connectivity index (χ3v) is 7.00. The Balaban J connectivity index is 1.39. The van der Waals surface area contributed by atoms with Gasteiger partial charge in [-0.25, -0.2) is 8.78 Å². The highest BCUT2D eigenvalue weighted by molar-refractivity contribution is 6.04. The molecule has 0 spiro atoms. The molecule has 3 N–H and O–H groups in total. The lowest BCUT2D eigenvalue weighted by Gasteiger charge is -2.35.